The third-order valence-corrected chi connectivity index (χ3v) is 4.43. The minimum atomic E-state index is -0.206. The third-order valence-electron chi connectivity index (χ3n) is 4.43. The molecule has 2 amide bonds. The topological polar surface area (TPSA) is 89.0 Å². The summed E-state index contributed by atoms with van der Waals surface area (Å²) in [4.78, 5) is 24.7. The number of urea groups is 1. The predicted molar refractivity (Wildman–Crippen MR) is 106 cm³/mol. The quantitative estimate of drug-likeness (QED) is 0.813. The third kappa shape index (κ3) is 4.54. The first-order valence-electron chi connectivity index (χ1n) is 8.94. The molecule has 0 radical (unpaired) electrons. The van der Waals surface area contributed by atoms with Crippen molar-refractivity contribution in [1.82, 2.24) is 14.9 Å². The molecular weight excluding hydrogens is 362 g/mol. The molecule has 1 aromatic heterocycles. The van der Waals surface area contributed by atoms with E-state index in [-0.39, 0.29) is 12.1 Å². The molecule has 3 rings (SSSR count). The van der Waals surface area contributed by atoms with E-state index in [0.717, 1.165) is 12.2 Å². The molecule has 2 aromatic rings. The second kappa shape index (κ2) is 8.64. The van der Waals surface area contributed by atoms with Gasteiger partial charge in [-0.3, -0.25) is 4.98 Å². The zero-order valence-electron chi connectivity index (χ0n) is 16.5. The van der Waals surface area contributed by atoms with Gasteiger partial charge in [-0.2, -0.15) is 4.98 Å². The number of carbonyl (C=O) groups is 1. The number of anilines is 2. The number of hydrogen-bond donors (Lipinski definition) is 1. The SMILES string of the molecule is COc1ccc(NC(=O)N2CCC(Oc3cncc(N(C)C)n3)C2)c(OC)c1. The van der Waals surface area contributed by atoms with Crippen LogP contribution in [0.3, 0.4) is 0 Å². The van der Waals surface area contributed by atoms with Gasteiger partial charge in [0.1, 0.15) is 17.6 Å². The molecule has 1 saturated heterocycles. The summed E-state index contributed by atoms with van der Waals surface area (Å²) in [6.07, 6.45) is 3.85. The summed E-state index contributed by atoms with van der Waals surface area (Å²) >= 11 is 0. The zero-order chi connectivity index (χ0) is 20.1. The van der Waals surface area contributed by atoms with E-state index in [1.54, 1.807) is 49.7 Å². The van der Waals surface area contributed by atoms with Gasteiger partial charge in [-0.25, -0.2) is 4.79 Å². The Hall–Kier alpha value is -3.23. The number of ether oxygens (including phenoxy) is 3. The van der Waals surface area contributed by atoms with Gasteiger partial charge in [0.2, 0.25) is 5.88 Å². The van der Waals surface area contributed by atoms with Gasteiger partial charge < -0.3 is 29.3 Å². The number of amides is 2. The molecule has 1 unspecified atom stereocenters. The highest BCUT2D eigenvalue weighted by atomic mass is 16.5. The Labute approximate surface area is 164 Å². The number of carbonyl (C=O) groups excluding carboxylic acids is 1. The second-order valence-electron chi connectivity index (χ2n) is 6.58. The number of nitrogens with zero attached hydrogens (tertiary/aromatic N) is 4. The first-order chi connectivity index (χ1) is 13.5. The normalized spacial score (nSPS) is 15.9. The highest BCUT2D eigenvalue weighted by Crippen LogP contribution is 2.29. The lowest BCUT2D eigenvalue weighted by Crippen LogP contribution is -2.34. The van der Waals surface area contributed by atoms with Gasteiger partial charge in [-0.05, 0) is 12.1 Å². The van der Waals surface area contributed by atoms with Crippen molar-refractivity contribution in [3.8, 4) is 17.4 Å². The molecule has 2 heterocycles. The van der Waals surface area contributed by atoms with E-state index in [9.17, 15) is 4.79 Å². The number of likely N-dealkylation sites (tertiary alicyclic amines) is 1. The minimum absolute atomic E-state index is 0.129. The van der Waals surface area contributed by atoms with E-state index < -0.39 is 0 Å². The number of nitrogens with one attached hydrogen (secondary N) is 1. The van der Waals surface area contributed by atoms with Crippen LogP contribution in [0.25, 0.3) is 0 Å². The summed E-state index contributed by atoms with van der Waals surface area (Å²) in [6.45, 7) is 1.06. The molecule has 1 fully saturated rings. The van der Waals surface area contributed by atoms with E-state index in [4.69, 9.17) is 14.2 Å². The Morgan fingerprint density at radius 2 is 2.07 bits per heavy atom. The van der Waals surface area contributed by atoms with Gasteiger partial charge in [-0.1, -0.05) is 0 Å². The zero-order valence-corrected chi connectivity index (χ0v) is 16.5. The smallest absolute Gasteiger partial charge is 0.322 e. The van der Waals surface area contributed by atoms with Crippen LogP contribution in [0.5, 0.6) is 17.4 Å². The number of hydrogen-bond acceptors (Lipinski definition) is 7. The monoisotopic (exact) mass is 387 g/mol. The average Bonchev–Trinajstić information content (AvgIpc) is 3.17. The molecule has 0 bridgehead atoms. The lowest BCUT2D eigenvalue weighted by molar-refractivity contribution is 0.189. The van der Waals surface area contributed by atoms with Gasteiger partial charge in [0.05, 0.1) is 38.8 Å². The van der Waals surface area contributed by atoms with Gasteiger partial charge in [0.15, 0.2) is 5.82 Å². The van der Waals surface area contributed by atoms with Crippen LogP contribution in [0.1, 0.15) is 6.42 Å². The van der Waals surface area contributed by atoms with Crippen LogP contribution in [-0.2, 0) is 0 Å². The van der Waals surface area contributed by atoms with Crippen molar-refractivity contribution in [3.63, 3.8) is 0 Å². The first-order valence-corrected chi connectivity index (χ1v) is 8.94. The van der Waals surface area contributed by atoms with E-state index >= 15 is 0 Å². The van der Waals surface area contributed by atoms with Crippen molar-refractivity contribution in [2.24, 2.45) is 0 Å². The second-order valence-corrected chi connectivity index (χ2v) is 6.58. The molecule has 1 N–H and O–H groups in total. The van der Waals surface area contributed by atoms with Gasteiger partial charge >= 0.3 is 6.03 Å². The highest BCUT2D eigenvalue weighted by molar-refractivity contribution is 5.91. The molecular formula is C19H25N5O4. The van der Waals surface area contributed by atoms with Gasteiger partial charge in [-0.15, -0.1) is 0 Å². The molecule has 1 aliphatic rings. The maximum atomic E-state index is 12.6. The Kier molecular flexibility index (Phi) is 6.03. The van der Waals surface area contributed by atoms with Crippen LogP contribution in [-0.4, -0.2) is 68.4 Å². The van der Waals surface area contributed by atoms with Crippen molar-refractivity contribution in [2.45, 2.75) is 12.5 Å². The van der Waals surface area contributed by atoms with E-state index in [2.05, 4.69) is 15.3 Å². The van der Waals surface area contributed by atoms with E-state index in [1.165, 1.54) is 0 Å². The van der Waals surface area contributed by atoms with Crippen LogP contribution in [0.4, 0.5) is 16.3 Å². The minimum Gasteiger partial charge on any atom is -0.497 e. The van der Waals surface area contributed by atoms with Gasteiger partial charge in [0.25, 0.3) is 0 Å². The molecule has 0 saturated carbocycles. The maximum absolute atomic E-state index is 12.6. The molecule has 0 spiro atoms. The van der Waals surface area contributed by atoms with Crippen molar-refractivity contribution in [1.29, 1.82) is 0 Å². The van der Waals surface area contributed by atoms with E-state index in [0.29, 0.717) is 36.2 Å². The number of methoxy groups -OCH3 is 2. The fraction of sp³-hybridized carbons (Fsp3) is 0.421. The van der Waals surface area contributed by atoms with Crippen molar-refractivity contribution in [3.05, 3.63) is 30.6 Å². The summed E-state index contributed by atoms with van der Waals surface area (Å²) in [7, 11) is 6.91. The average molecular weight is 387 g/mol. The Morgan fingerprint density at radius 1 is 1.25 bits per heavy atom. The summed E-state index contributed by atoms with van der Waals surface area (Å²) in [6, 6.07) is 5.04. The van der Waals surface area contributed by atoms with Crippen LogP contribution < -0.4 is 24.4 Å². The molecule has 9 heteroatoms. The van der Waals surface area contributed by atoms with Crippen molar-refractivity contribution in [2.75, 3.05) is 51.6 Å². The predicted octanol–water partition coefficient (Wildman–Crippen LogP) is 2.25. The Bertz CT molecular complexity index is 830. The molecule has 1 aromatic carbocycles. The number of aromatic nitrogens is 2. The summed E-state index contributed by atoms with van der Waals surface area (Å²) in [5.74, 6) is 2.37. The van der Waals surface area contributed by atoms with Crippen molar-refractivity contribution >= 4 is 17.5 Å². The number of benzene rings is 1. The maximum Gasteiger partial charge on any atom is 0.322 e. The molecule has 1 atom stereocenters. The Balaban J connectivity index is 1.59. The molecule has 0 aliphatic carbocycles. The largest absolute Gasteiger partial charge is 0.497 e. The highest BCUT2D eigenvalue weighted by Gasteiger charge is 2.28. The molecule has 1 aliphatic heterocycles. The molecule has 150 valence electrons. The summed E-state index contributed by atoms with van der Waals surface area (Å²) in [5.41, 5.74) is 0.585. The summed E-state index contributed by atoms with van der Waals surface area (Å²) in [5, 5.41) is 2.88. The molecule has 28 heavy (non-hydrogen) atoms. The van der Waals surface area contributed by atoms with Crippen LogP contribution in [0.2, 0.25) is 0 Å². The van der Waals surface area contributed by atoms with Crippen LogP contribution in [0.15, 0.2) is 30.6 Å². The number of rotatable bonds is 6. The van der Waals surface area contributed by atoms with Crippen molar-refractivity contribution < 1.29 is 19.0 Å². The first kappa shape index (κ1) is 19.5. The fourth-order valence-electron chi connectivity index (χ4n) is 2.89. The van der Waals surface area contributed by atoms with Crippen LogP contribution >= 0.6 is 0 Å². The molecule has 9 nitrogen and oxygen atoms in total. The standard InChI is InChI=1S/C19H25N5O4/c1-23(2)17-10-20-11-18(22-17)28-14-7-8-24(12-14)19(25)21-15-6-5-13(26-3)9-16(15)27-4/h5-6,9-11,14H,7-8,12H2,1-4H3,(H,21,25). The lowest BCUT2D eigenvalue weighted by Gasteiger charge is -2.19. The Morgan fingerprint density at radius 3 is 2.79 bits per heavy atom. The van der Waals surface area contributed by atoms with E-state index in [1.807, 2.05) is 19.0 Å². The fourth-order valence-corrected chi connectivity index (χ4v) is 2.89. The van der Waals surface area contributed by atoms with Crippen LogP contribution in [0, 0.1) is 0 Å². The lowest BCUT2D eigenvalue weighted by atomic mass is 10.2. The summed E-state index contributed by atoms with van der Waals surface area (Å²) < 4.78 is 16.4. The van der Waals surface area contributed by atoms with Gasteiger partial charge in [0, 0.05) is 33.1 Å².